The Labute approximate surface area is 139 Å². The Morgan fingerprint density at radius 2 is 2.12 bits per heavy atom. The Morgan fingerprint density at radius 1 is 1.33 bits per heavy atom. The van der Waals surface area contributed by atoms with Gasteiger partial charge in [-0.3, -0.25) is 4.79 Å². The Balaban J connectivity index is 1.77. The molecule has 2 atom stereocenters. The molecule has 0 aliphatic heterocycles. The van der Waals surface area contributed by atoms with E-state index in [2.05, 4.69) is 0 Å². The van der Waals surface area contributed by atoms with Gasteiger partial charge in [-0.1, -0.05) is 24.6 Å². The van der Waals surface area contributed by atoms with Crippen LogP contribution < -0.4 is 4.74 Å². The molecule has 0 saturated heterocycles. The number of carboxylic acids is 1. The zero-order valence-electron chi connectivity index (χ0n) is 13.3. The summed E-state index contributed by atoms with van der Waals surface area (Å²) in [6.45, 7) is 0.286. The number of alkyl halides is 3. The fraction of sp³-hybridized carbons (Fsp3) is 0.500. The molecule has 1 aliphatic rings. The van der Waals surface area contributed by atoms with Crippen molar-refractivity contribution in [3.05, 3.63) is 42.0 Å². The van der Waals surface area contributed by atoms with Crippen LogP contribution >= 0.6 is 0 Å². The fourth-order valence-corrected chi connectivity index (χ4v) is 3.07. The second-order valence-electron chi connectivity index (χ2n) is 6.04. The number of hydrogen-bond acceptors (Lipinski definition) is 2. The third-order valence-corrected chi connectivity index (χ3v) is 4.25. The van der Waals surface area contributed by atoms with Gasteiger partial charge in [0.15, 0.2) is 0 Å². The number of aliphatic carboxylic acids is 1. The molecule has 1 N–H and O–H groups in total. The fourth-order valence-electron chi connectivity index (χ4n) is 3.07. The maximum absolute atomic E-state index is 12.6. The van der Waals surface area contributed by atoms with Crippen LogP contribution in [0.2, 0.25) is 0 Å². The number of hydrogen-bond donors (Lipinski definition) is 1. The number of allylic oxidation sites excluding steroid dienone is 1. The minimum absolute atomic E-state index is 0.183. The summed E-state index contributed by atoms with van der Waals surface area (Å²) in [5.74, 6) is -0.117. The lowest BCUT2D eigenvalue weighted by Gasteiger charge is -2.13. The van der Waals surface area contributed by atoms with Gasteiger partial charge in [0, 0.05) is 6.42 Å². The van der Waals surface area contributed by atoms with Crippen LogP contribution in [0.15, 0.2) is 36.4 Å². The van der Waals surface area contributed by atoms with Crippen molar-refractivity contribution in [2.45, 2.75) is 38.3 Å². The van der Waals surface area contributed by atoms with E-state index in [0.29, 0.717) is 6.42 Å². The Morgan fingerprint density at radius 3 is 2.83 bits per heavy atom. The highest BCUT2D eigenvalue weighted by molar-refractivity contribution is 5.67. The maximum atomic E-state index is 12.6. The highest BCUT2D eigenvalue weighted by Crippen LogP contribution is 2.35. The van der Waals surface area contributed by atoms with Crippen LogP contribution in [0.1, 0.15) is 37.7 Å². The van der Waals surface area contributed by atoms with Crippen molar-refractivity contribution >= 4 is 5.97 Å². The highest BCUT2D eigenvalue weighted by Gasteiger charge is 2.30. The lowest BCUT2D eigenvalue weighted by molar-refractivity contribution is -0.138. The van der Waals surface area contributed by atoms with Crippen molar-refractivity contribution in [3.63, 3.8) is 0 Å². The van der Waals surface area contributed by atoms with Gasteiger partial charge in [0.1, 0.15) is 5.75 Å². The van der Waals surface area contributed by atoms with E-state index in [1.54, 1.807) is 0 Å². The minimum atomic E-state index is -4.37. The van der Waals surface area contributed by atoms with Gasteiger partial charge in [-0.25, -0.2) is 0 Å². The van der Waals surface area contributed by atoms with Gasteiger partial charge in [-0.2, -0.15) is 13.2 Å². The largest absolute Gasteiger partial charge is 0.493 e. The topological polar surface area (TPSA) is 46.5 Å². The van der Waals surface area contributed by atoms with E-state index in [0.717, 1.165) is 31.4 Å². The summed E-state index contributed by atoms with van der Waals surface area (Å²) in [5.41, 5.74) is -0.724. The van der Waals surface area contributed by atoms with Crippen LogP contribution in [0.3, 0.4) is 0 Å². The first-order valence-corrected chi connectivity index (χ1v) is 8.05. The molecule has 0 radical (unpaired) electrons. The Bertz CT molecular complexity index is 581. The molecule has 1 fully saturated rings. The maximum Gasteiger partial charge on any atom is 0.416 e. The predicted molar refractivity (Wildman–Crippen MR) is 83.8 cm³/mol. The number of carbonyl (C=O) groups is 1. The molecule has 24 heavy (non-hydrogen) atoms. The van der Waals surface area contributed by atoms with Gasteiger partial charge >= 0.3 is 12.1 Å². The lowest BCUT2D eigenvalue weighted by atomic mass is 9.92. The SMILES string of the molecule is O=C(O)C[C@H]1CCCC1/C=C/CCOc1cccc(C(F)(F)F)c1. The van der Waals surface area contributed by atoms with E-state index in [9.17, 15) is 18.0 Å². The van der Waals surface area contributed by atoms with E-state index in [1.165, 1.54) is 12.1 Å². The summed E-state index contributed by atoms with van der Waals surface area (Å²) in [6, 6.07) is 4.82. The van der Waals surface area contributed by atoms with Crippen LogP contribution in [0.25, 0.3) is 0 Å². The molecule has 132 valence electrons. The van der Waals surface area contributed by atoms with E-state index < -0.39 is 17.7 Å². The summed E-state index contributed by atoms with van der Waals surface area (Å²) >= 11 is 0. The summed E-state index contributed by atoms with van der Waals surface area (Å²) < 4.78 is 43.2. The molecule has 0 amide bonds. The normalized spacial score (nSPS) is 21.3. The number of ether oxygens (including phenoxy) is 1. The Hall–Kier alpha value is -1.98. The van der Waals surface area contributed by atoms with Crippen molar-refractivity contribution in [3.8, 4) is 5.75 Å². The van der Waals surface area contributed by atoms with Gasteiger partial charge in [-0.15, -0.1) is 0 Å². The second-order valence-corrected chi connectivity index (χ2v) is 6.04. The smallest absolute Gasteiger partial charge is 0.416 e. The van der Waals surface area contributed by atoms with E-state index >= 15 is 0 Å². The molecule has 0 heterocycles. The molecule has 6 heteroatoms. The van der Waals surface area contributed by atoms with E-state index in [4.69, 9.17) is 9.84 Å². The molecule has 1 aliphatic carbocycles. The first-order valence-electron chi connectivity index (χ1n) is 8.05. The monoisotopic (exact) mass is 342 g/mol. The molecule has 3 nitrogen and oxygen atoms in total. The third-order valence-electron chi connectivity index (χ3n) is 4.25. The molecule has 1 unspecified atom stereocenters. The quantitative estimate of drug-likeness (QED) is 0.565. The first kappa shape index (κ1) is 18.4. The van der Waals surface area contributed by atoms with Crippen LogP contribution in [0, 0.1) is 11.8 Å². The lowest BCUT2D eigenvalue weighted by Crippen LogP contribution is -2.11. The number of carboxylic acid groups (broad SMARTS) is 1. The van der Waals surface area contributed by atoms with Crippen LogP contribution in [0.5, 0.6) is 5.75 Å². The number of rotatable bonds is 7. The molecule has 2 rings (SSSR count). The zero-order valence-corrected chi connectivity index (χ0v) is 13.3. The molecule has 1 saturated carbocycles. The molecule has 1 aromatic rings. The van der Waals surface area contributed by atoms with Gasteiger partial charge in [0.25, 0.3) is 0 Å². The van der Waals surface area contributed by atoms with Gasteiger partial charge in [0.05, 0.1) is 12.2 Å². The zero-order chi connectivity index (χ0) is 17.6. The van der Waals surface area contributed by atoms with Gasteiger partial charge in [-0.05, 0) is 49.3 Å². The van der Waals surface area contributed by atoms with Crippen molar-refractivity contribution < 1.29 is 27.8 Å². The summed E-state index contributed by atoms with van der Waals surface area (Å²) in [4.78, 5) is 10.8. The summed E-state index contributed by atoms with van der Waals surface area (Å²) in [7, 11) is 0. The molecule has 0 bridgehead atoms. The average molecular weight is 342 g/mol. The molecule has 0 spiro atoms. The summed E-state index contributed by atoms with van der Waals surface area (Å²) in [5, 5.41) is 8.88. The predicted octanol–water partition coefficient (Wildman–Crippen LogP) is 4.92. The number of halogens is 3. The molecule has 0 aromatic heterocycles. The van der Waals surface area contributed by atoms with Crippen LogP contribution in [-0.4, -0.2) is 17.7 Å². The van der Waals surface area contributed by atoms with Crippen molar-refractivity contribution in [2.75, 3.05) is 6.61 Å². The van der Waals surface area contributed by atoms with E-state index in [1.807, 2.05) is 12.2 Å². The van der Waals surface area contributed by atoms with Crippen molar-refractivity contribution in [1.29, 1.82) is 0 Å². The van der Waals surface area contributed by atoms with Gasteiger partial charge < -0.3 is 9.84 Å². The first-order chi connectivity index (χ1) is 11.4. The number of benzene rings is 1. The van der Waals surface area contributed by atoms with Gasteiger partial charge in [0.2, 0.25) is 0 Å². The second kappa shape index (κ2) is 8.22. The minimum Gasteiger partial charge on any atom is -0.493 e. The van der Waals surface area contributed by atoms with Crippen molar-refractivity contribution in [2.24, 2.45) is 11.8 Å². The van der Waals surface area contributed by atoms with Crippen molar-refractivity contribution in [1.82, 2.24) is 0 Å². The van der Waals surface area contributed by atoms with E-state index in [-0.39, 0.29) is 30.6 Å². The Kier molecular flexibility index (Phi) is 6.29. The molecule has 1 aromatic carbocycles. The molecular formula is C18H21F3O3. The summed E-state index contributed by atoms with van der Waals surface area (Å²) in [6.07, 6.45) is 3.30. The highest BCUT2D eigenvalue weighted by atomic mass is 19.4. The standard InChI is InChI=1S/C18H21F3O3/c19-18(20,21)15-8-4-9-16(12-15)24-10-2-1-5-13-6-3-7-14(13)11-17(22)23/h1,4-5,8-9,12-14H,2-3,6-7,10-11H2,(H,22,23)/b5-1+/t13?,14-/m1/s1. The van der Waals surface area contributed by atoms with Crippen LogP contribution in [0.4, 0.5) is 13.2 Å². The third kappa shape index (κ3) is 5.58. The average Bonchev–Trinajstić information content (AvgIpc) is 2.93. The van der Waals surface area contributed by atoms with Crippen LogP contribution in [-0.2, 0) is 11.0 Å². The molecular weight excluding hydrogens is 321 g/mol.